The van der Waals surface area contributed by atoms with E-state index in [1.165, 1.54) is 18.7 Å². The minimum Gasteiger partial charge on any atom is -0.535 e. The van der Waals surface area contributed by atoms with Gasteiger partial charge >= 0.3 is 7.69 Å². The summed E-state index contributed by atoms with van der Waals surface area (Å²) in [6.45, 7) is 0. The molecule has 0 aliphatic carbocycles. The summed E-state index contributed by atoms with van der Waals surface area (Å²) < 4.78 is 14.9. The highest BCUT2D eigenvalue weighted by molar-refractivity contribution is 6.29. The van der Waals surface area contributed by atoms with Gasteiger partial charge in [-0.25, -0.2) is 19.9 Å². The highest BCUT2D eigenvalue weighted by Crippen LogP contribution is 2.28. The maximum atomic E-state index is 8.34. The lowest BCUT2D eigenvalue weighted by Crippen LogP contribution is -2.01. The largest absolute Gasteiger partial charge is 0.569 e. The minimum absolute atomic E-state index is 0.373. The van der Waals surface area contributed by atoms with Crippen LogP contribution >= 0.6 is 11.6 Å². The van der Waals surface area contributed by atoms with Crippen LogP contribution in [0.2, 0.25) is 5.15 Å². The van der Waals surface area contributed by atoms with Gasteiger partial charge in [-0.2, -0.15) is 0 Å². The molecule has 4 rings (SSSR count). The first-order valence-corrected chi connectivity index (χ1v) is 10.1. The number of hydrogen-bond donors (Lipinski definition) is 3. The summed E-state index contributed by atoms with van der Waals surface area (Å²) in [7, 11) is 3.79. The highest BCUT2D eigenvalue weighted by Gasteiger charge is 2.06. The molecule has 10 nitrogen and oxygen atoms in total. The fraction of sp³-hybridized carbons (Fsp3) is 0.0909. The molecule has 1 radical (unpaired) electrons. The molecular weight excluding hydrogens is 459 g/mol. The van der Waals surface area contributed by atoms with Crippen LogP contribution in [0.4, 0.5) is 11.6 Å². The summed E-state index contributed by atoms with van der Waals surface area (Å²) in [5.41, 5.74) is 12.5. The zero-order valence-electron chi connectivity index (χ0n) is 18.5. The highest BCUT2D eigenvalue weighted by atomic mass is 35.5. The summed E-state index contributed by atoms with van der Waals surface area (Å²) in [6, 6.07) is 17.9. The Labute approximate surface area is 202 Å². The first kappa shape index (κ1) is 26.2. The third-order valence-corrected chi connectivity index (χ3v) is 4.18. The lowest BCUT2D eigenvalue weighted by molar-refractivity contribution is 0.381. The van der Waals surface area contributed by atoms with E-state index in [4.69, 9.17) is 42.2 Å². The molecule has 0 amide bonds. The Morgan fingerprint density at radius 1 is 0.765 bits per heavy atom. The number of anilines is 2. The van der Waals surface area contributed by atoms with Crippen molar-refractivity contribution < 1.29 is 19.2 Å². The fourth-order valence-electron chi connectivity index (χ4n) is 2.50. The molecule has 0 atom stereocenters. The van der Waals surface area contributed by atoms with E-state index in [0.717, 1.165) is 17.0 Å². The van der Waals surface area contributed by atoms with Gasteiger partial charge in [0.05, 0.1) is 19.9 Å². The van der Waals surface area contributed by atoms with Crippen molar-refractivity contribution in [2.24, 2.45) is 0 Å². The van der Waals surface area contributed by atoms with Gasteiger partial charge in [0, 0.05) is 17.7 Å². The SMILES string of the molecule is COc1ccccc1-c1cc(N)ncn1.COc1ccccc1O[B]O.Nc1cc(Cl)ncn1. The average Bonchev–Trinajstić information content (AvgIpc) is 2.85. The van der Waals surface area contributed by atoms with E-state index >= 15 is 0 Å². The van der Waals surface area contributed by atoms with E-state index in [1.807, 2.05) is 30.3 Å². The third-order valence-electron chi connectivity index (χ3n) is 3.97. The Morgan fingerprint density at radius 2 is 1.32 bits per heavy atom. The van der Waals surface area contributed by atoms with Crippen LogP contribution in [0.3, 0.4) is 0 Å². The number of benzene rings is 2. The van der Waals surface area contributed by atoms with Gasteiger partial charge in [0.2, 0.25) is 0 Å². The van der Waals surface area contributed by atoms with Crippen LogP contribution in [0.25, 0.3) is 11.3 Å². The van der Waals surface area contributed by atoms with Crippen molar-refractivity contribution in [3.05, 3.63) is 78.5 Å². The molecule has 2 aromatic carbocycles. The van der Waals surface area contributed by atoms with Crippen molar-refractivity contribution in [2.45, 2.75) is 0 Å². The zero-order chi connectivity index (χ0) is 24.8. The van der Waals surface area contributed by atoms with E-state index in [9.17, 15) is 0 Å². The van der Waals surface area contributed by atoms with Gasteiger partial charge < -0.3 is 30.6 Å². The van der Waals surface area contributed by atoms with Crippen molar-refractivity contribution in [3.8, 4) is 28.5 Å². The van der Waals surface area contributed by atoms with E-state index in [0.29, 0.717) is 36.0 Å². The standard InChI is InChI=1S/C11H11N3O.C7H8BO3.C4H4ClN3/c1-15-10-5-3-2-4-8(10)9-6-11(12)14-7-13-9;1-10-6-4-2-3-5-7(6)11-8-9;5-3-1-4(6)8-2-7-3/h2-7H,1H3,(H2,12,13,14);2-5,9H,1H3;1-2H,(H2,6,7,8). The summed E-state index contributed by atoms with van der Waals surface area (Å²) in [5, 5.41) is 8.71. The maximum Gasteiger partial charge on any atom is 0.569 e. The monoisotopic (exact) mass is 481 g/mol. The van der Waals surface area contributed by atoms with E-state index in [1.54, 1.807) is 38.5 Å². The molecule has 12 heteroatoms. The number of para-hydroxylation sites is 3. The van der Waals surface area contributed by atoms with Crippen LogP contribution in [0, 0.1) is 0 Å². The minimum atomic E-state index is 0.373. The number of methoxy groups -OCH3 is 2. The van der Waals surface area contributed by atoms with Gasteiger partial charge in [0.15, 0.2) is 5.75 Å². The van der Waals surface area contributed by atoms with Gasteiger partial charge in [-0.3, -0.25) is 0 Å². The van der Waals surface area contributed by atoms with Gasteiger partial charge in [0.1, 0.15) is 40.9 Å². The van der Waals surface area contributed by atoms with Crippen molar-refractivity contribution >= 4 is 30.9 Å². The van der Waals surface area contributed by atoms with Gasteiger partial charge in [0.25, 0.3) is 0 Å². The normalized spacial score (nSPS) is 9.41. The van der Waals surface area contributed by atoms with Gasteiger partial charge in [-0.1, -0.05) is 35.9 Å². The summed E-state index contributed by atoms with van der Waals surface area (Å²) in [4.78, 5) is 15.2. The van der Waals surface area contributed by atoms with Crippen LogP contribution in [-0.4, -0.2) is 46.9 Å². The van der Waals surface area contributed by atoms with Crippen molar-refractivity contribution in [2.75, 3.05) is 25.7 Å². The van der Waals surface area contributed by atoms with Crippen LogP contribution < -0.4 is 25.6 Å². The Morgan fingerprint density at radius 3 is 1.85 bits per heavy atom. The van der Waals surface area contributed by atoms with Crippen LogP contribution in [0.1, 0.15) is 0 Å². The Hall–Kier alpha value is -4.09. The van der Waals surface area contributed by atoms with Crippen LogP contribution in [0.5, 0.6) is 17.2 Å². The number of nitrogens with zero attached hydrogens (tertiary/aromatic N) is 4. The maximum absolute atomic E-state index is 8.34. The van der Waals surface area contributed by atoms with Crippen LogP contribution in [-0.2, 0) is 0 Å². The Balaban J connectivity index is 0.000000190. The number of nitrogens with two attached hydrogens (primary N) is 2. The lowest BCUT2D eigenvalue weighted by atomic mass is 10.1. The molecule has 0 saturated carbocycles. The number of nitrogen functional groups attached to an aromatic ring is 2. The van der Waals surface area contributed by atoms with Gasteiger partial charge in [-0.15, -0.1) is 0 Å². The molecule has 0 spiro atoms. The summed E-state index contributed by atoms with van der Waals surface area (Å²) >= 11 is 5.41. The molecule has 34 heavy (non-hydrogen) atoms. The van der Waals surface area contributed by atoms with Gasteiger partial charge in [-0.05, 0) is 24.3 Å². The van der Waals surface area contributed by atoms with E-state index in [2.05, 4.69) is 19.9 Å². The lowest BCUT2D eigenvalue weighted by Gasteiger charge is -2.07. The third kappa shape index (κ3) is 8.45. The predicted octanol–water partition coefficient (Wildman–Crippen LogP) is 3.05. The molecule has 2 aromatic heterocycles. The second kappa shape index (κ2) is 14.1. The van der Waals surface area contributed by atoms with Crippen LogP contribution in [0.15, 0.2) is 73.3 Å². The molecule has 0 fully saturated rings. The number of aromatic nitrogens is 4. The fourth-order valence-corrected chi connectivity index (χ4v) is 2.65. The smallest absolute Gasteiger partial charge is 0.535 e. The van der Waals surface area contributed by atoms with Crippen molar-refractivity contribution in [1.82, 2.24) is 19.9 Å². The number of hydrogen-bond acceptors (Lipinski definition) is 10. The van der Waals surface area contributed by atoms with Crippen molar-refractivity contribution in [1.29, 1.82) is 0 Å². The molecule has 4 aromatic rings. The zero-order valence-corrected chi connectivity index (χ0v) is 19.3. The summed E-state index contributed by atoms with van der Waals surface area (Å²) in [5.74, 6) is 2.71. The molecule has 0 aliphatic heterocycles. The second-order valence-electron chi connectivity index (χ2n) is 6.17. The number of halogens is 1. The van der Waals surface area contributed by atoms with Crippen molar-refractivity contribution in [3.63, 3.8) is 0 Å². The second-order valence-corrected chi connectivity index (χ2v) is 6.56. The molecular formula is C22H23BClN6O4. The molecule has 2 heterocycles. The predicted molar refractivity (Wildman–Crippen MR) is 131 cm³/mol. The summed E-state index contributed by atoms with van der Waals surface area (Å²) in [6.07, 6.45) is 2.76. The first-order valence-electron chi connectivity index (χ1n) is 9.68. The topological polar surface area (TPSA) is 152 Å². The molecule has 0 aliphatic rings. The molecule has 0 unspecified atom stereocenters. The Kier molecular flexibility index (Phi) is 10.9. The number of rotatable bonds is 5. The quantitative estimate of drug-likeness (QED) is 0.286. The van der Waals surface area contributed by atoms with E-state index in [-0.39, 0.29) is 0 Å². The average molecular weight is 482 g/mol. The molecule has 5 N–H and O–H groups in total. The molecule has 0 saturated heterocycles. The molecule has 175 valence electrons. The molecule has 0 bridgehead atoms. The van der Waals surface area contributed by atoms with E-state index < -0.39 is 0 Å². The number of ether oxygens (including phenoxy) is 2. The first-order chi connectivity index (χ1) is 16.5. The Bertz CT molecular complexity index is 1150.